The van der Waals surface area contributed by atoms with Gasteiger partial charge in [-0.25, -0.2) is 14.8 Å². The first-order chi connectivity index (χ1) is 21.6. The number of carbonyl (C=O) groups is 1. The molecule has 5 aromatic rings. The fraction of sp³-hybridized carbons (Fsp3) is 0.259. The molecular formula is C27H17B2BrF6N4O5S. The molecule has 0 saturated heterocycles. The van der Waals surface area contributed by atoms with Gasteiger partial charge in [-0.1, -0.05) is 12.1 Å². The van der Waals surface area contributed by atoms with Crippen LogP contribution in [-0.4, -0.2) is 60.3 Å². The fourth-order valence-corrected chi connectivity index (χ4v) is 6.24. The monoisotopic (exact) mass is 724 g/mol. The number of thiophene rings is 1. The molecule has 1 atom stereocenters. The van der Waals surface area contributed by atoms with Crippen molar-refractivity contribution in [1.82, 2.24) is 19.7 Å². The Labute approximate surface area is 270 Å². The molecule has 236 valence electrons. The van der Waals surface area contributed by atoms with Crippen LogP contribution in [0.1, 0.15) is 18.2 Å². The highest BCUT2D eigenvalue weighted by Crippen LogP contribution is 2.47. The maximum absolute atomic E-state index is 16.5. The SMILES string of the molecule is [B]C([B])(Oc1ccccc1C(F)(F)[C@@H](Oc1ncnc2sc(-c3ccc(F)o3)c(Br)c12)C(=O)OCC)c1ccnn1CC(F)(F)F. The van der Waals surface area contributed by atoms with E-state index in [4.69, 9.17) is 34.3 Å². The second-order valence-corrected chi connectivity index (χ2v) is 11.3. The average Bonchev–Trinajstić information content (AvgIpc) is 3.70. The van der Waals surface area contributed by atoms with Crippen molar-refractivity contribution in [2.24, 2.45) is 0 Å². The zero-order chi connectivity index (χ0) is 33.4. The second-order valence-electron chi connectivity index (χ2n) is 9.46. The van der Waals surface area contributed by atoms with E-state index >= 15 is 8.78 Å². The van der Waals surface area contributed by atoms with Crippen molar-refractivity contribution in [3.05, 3.63) is 76.7 Å². The molecule has 0 amide bonds. The van der Waals surface area contributed by atoms with Crippen LogP contribution in [0.15, 0.2) is 63.9 Å². The highest BCUT2D eigenvalue weighted by atomic mass is 79.9. The predicted molar refractivity (Wildman–Crippen MR) is 156 cm³/mol. The van der Waals surface area contributed by atoms with Crippen molar-refractivity contribution < 1.29 is 49.8 Å². The molecule has 0 aliphatic rings. The van der Waals surface area contributed by atoms with E-state index in [1.807, 2.05) is 0 Å². The summed E-state index contributed by atoms with van der Waals surface area (Å²) in [5, 5.41) is 1.01. The van der Waals surface area contributed by atoms with Crippen LogP contribution in [0.5, 0.6) is 11.6 Å². The molecule has 9 nitrogen and oxygen atoms in total. The maximum Gasteiger partial charge on any atom is 0.408 e. The lowest BCUT2D eigenvalue weighted by Gasteiger charge is -2.32. The molecule has 0 unspecified atom stereocenters. The first-order valence-electron chi connectivity index (χ1n) is 13.0. The minimum absolute atomic E-state index is 0.0646. The summed E-state index contributed by atoms with van der Waals surface area (Å²) in [6.07, 6.45) is -5.44. The summed E-state index contributed by atoms with van der Waals surface area (Å²) in [5.41, 5.74) is -1.46. The number of aromatic nitrogens is 4. The number of benzene rings is 1. The Hall–Kier alpha value is -3.99. The molecule has 0 saturated carbocycles. The summed E-state index contributed by atoms with van der Waals surface area (Å²) in [4.78, 5) is 21.6. The molecule has 0 aliphatic heterocycles. The van der Waals surface area contributed by atoms with E-state index in [2.05, 4.69) is 31.0 Å². The van der Waals surface area contributed by atoms with E-state index < -0.39 is 65.0 Å². The highest BCUT2D eigenvalue weighted by molar-refractivity contribution is 9.10. The lowest BCUT2D eigenvalue weighted by molar-refractivity contribution is -0.174. The van der Waals surface area contributed by atoms with Gasteiger partial charge in [0.1, 0.15) is 44.9 Å². The number of alkyl halides is 5. The number of hydrogen-bond acceptors (Lipinski definition) is 9. The number of carbonyl (C=O) groups excluding carboxylic acids is 1. The maximum atomic E-state index is 16.5. The molecule has 0 bridgehead atoms. The summed E-state index contributed by atoms with van der Waals surface area (Å²) in [6.45, 7) is -0.507. The van der Waals surface area contributed by atoms with Crippen LogP contribution in [0.2, 0.25) is 0 Å². The largest absolute Gasteiger partial charge is 0.501 e. The van der Waals surface area contributed by atoms with Crippen LogP contribution in [0.4, 0.5) is 26.3 Å². The van der Waals surface area contributed by atoms with E-state index in [9.17, 15) is 22.4 Å². The van der Waals surface area contributed by atoms with Crippen molar-refractivity contribution in [3.8, 4) is 22.3 Å². The van der Waals surface area contributed by atoms with Gasteiger partial charge in [0.05, 0.1) is 38.0 Å². The van der Waals surface area contributed by atoms with Gasteiger partial charge in [-0.2, -0.15) is 31.4 Å². The number of para-hydroxylation sites is 1. The van der Waals surface area contributed by atoms with Crippen LogP contribution in [0.25, 0.3) is 20.9 Å². The third kappa shape index (κ3) is 6.74. The van der Waals surface area contributed by atoms with Gasteiger partial charge in [0.2, 0.25) is 5.88 Å². The van der Waals surface area contributed by atoms with Gasteiger partial charge in [0.25, 0.3) is 12.1 Å². The topological polar surface area (TPSA) is 102 Å². The van der Waals surface area contributed by atoms with Crippen LogP contribution in [0.3, 0.4) is 0 Å². The Bertz CT molecular complexity index is 1880. The second kappa shape index (κ2) is 12.7. The molecule has 0 N–H and O–H groups in total. The molecule has 4 radical (unpaired) electrons. The summed E-state index contributed by atoms with van der Waals surface area (Å²) in [5.74, 6) is -6.82. The quantitative estimate of drug-likeness (QED) is 0.0897. The molecule has 19 heteroatoms. The number of hydrogen-bond donors (Lipinski definition) is 0. The minimum atomic E-state index is -4.72. The molecule has 0 fully saturated rings. The number of esters is 1. The van der Waals surface area contributed by atoms with Crippen molar-refractivity contribution >= 4 is 59.1 Å². The van der Waals surface area contributed by atoms with Gasteiger partial charge in [-0.15, -0.1) is 11.3 Å². The van der Waals surface area contributed by atoms with Crippen molar-refractivity contribution in [2.75, 3.05) is 6.61 Å². The average molecular weight is 725 g/mol. The number of ether oxygens (including phenoxy) is 3. The molecule has 46 heavy (non-hydrogen) atoms. The van der Waals surface area contributed by atoms with Gasteiger partial charge in [0.15, 0.2) is 0 Å². The standard InChI is InChI=1S/C27H17B2BrF6N4O5S/c1-2-42-24(41)21(44-22-18-19(30)20(15-7-8-17(31)43-15)46-23(18)38-12-37-22)26(35,36)13-5-3-4-6-14(13)45-27(28,29)16-9-10-39-40(16)11-25(32,33)34/h3-10,12,21H,2,11H2,1H3/t21-/m0/s1. The normalized spacial score (nSPS) is 13.1. The molecule has 1 aromatic carbocycles. The molecule has 5 rings (SSSR count). The van der Waals surface area contributed by atoms with E-state index in [1.54, 1.807) is 0 Å². The van der Waals surface area contributed by atoms with E-state index in [0.29, 0.717) is 9.56 Å². The van der Waals surface area contributed by atoms with Crippen molar-refractivity contribution in [1.29, 1.82) is 0 Å². The molecular weight excluding hydrogens is 708 g/mol. The number of halogens is 7. The zero-order valence-electron chi connectivity index (χ0n) is 23.2. The Morgan fingerprint density at radius 2 is 1.85 bits per heavy atom. The van der Waals surface area contributed by atoms with E-state index in [1.165, 1.54) is 25.1 Å². The van der Waals surface area contributed by atoms with Gasteiger partial charge < -0.3 is 18.6 Å². The lowest BCUT2D eigenvalue weighted by atomic mass is 9.63. The summed E-state index contributed by atoms with van der Waals surface area (Å²) < 4.78 is 107. The molecule has 4 heterocycles. The smallest absolute Gasteiger partial charge is 0.408 e. The summed E-state index contributed by atoms with van der Waals surface area (Å²) in [6, 6.07) is 6.95. The minimum Gasteiger partial charge on any atom is -0.501 e. The third-order valence-electron chi connectivity index (χ3n) is 6.22. The highest BCUT2D eigenvalue weighted by Gasteiger charge is 2.52. The zero-order valence-corrected chi connectivity index (χ0v) is 25.6. The van der Waals surface area contributed by atoms with Crippen molar-refractivity contribution in [3.63, 3.8) is 0 Å². The Morgan fingerprint density at radius 1 is 1.11 bits per heavy atom. The predicted octanol–water partition coefficient (Wildman–Crippen LogP) is 6.24. The third-order valence-corrected chi connectivity index (χ3v) is 8.39. The van der Waals surface area contributed by atoms with Gasteiger partial charge in [-0.05, 0) is 47.1 Å². The number of furan rings is 1. The molecule has 0 spiro atoms. The van der Waals surface area contributed by atoms with E-state index in [-0.39, 0.29) is 27.1 Å². The van der Waals surface area contributed by atoms with Gasteiger partial charge in [-0.3, -0.25) is 4.68 Å². The van der Waals surface area contributed by atoms with Gasteiger partial charge in [0, 0.05) is 12.3 Å². The summed E-state index contributed by atoms with van der Waals surface area (Å²) in [7, 11) is 12.0. The van der Waals surface area contributed by atoms with E-state index in [0.717, 1.165) is 48.1 Å². The Morgan fingerprint density at radius 3 is 2.52 bits per heavy atom. The first kappa shape index (κ1) is 33.4. The van der Waals surface area contributed by atoms with Crippen LogP contribution in [-0.2, 0) is 27.4 Å². The first-order valence-corrected chi connectivity index (χ1v) is 14.6. The number of rotatable bonds is 11. The van der Waals surface area contributed by atoms with Crippen LogP contribution in [0, 0.1) is 6.01 Å². The Balaban J connectivity index is 1.54. The van der Waals surface area contributed by atoms with Crippen molar-refractivity contribution in [2.45, 2.75) is 37.1 Å². The molecule has 0 aliphatic carbocycles. The molecule has 4 aromatic heterocycles. The Kier molecular flexibility index (Phi) is 9.19. The van der Waals surface area contributed by atoms with Crippen LogP contribution < -0.4 is 9.47 Å². The van der Waals surface area contributed by atoms with Crippen LogP contribution >= 0.6 is 27.3 Å². The van der Waals surface area contributed by atoms with Gasteiger partial charge >= 0.3 is 18.1 Å². The fourth-order valence-electron chi connectivity index (χ4n) is 4.33. The lowest BCUT2D eigenvalue weighted by Crippen LogP contribution is -2.45. The number of nitrogens with zero attached hydrogens (tertiary/aromatic N) is 4. The summed E-state index contributed by atoms with van der Waals surface area (Å²) >= 11 is 4.33. The number of fused-ring (bicyclic) bond motifs is 1.